The highest BCUT2D eigenvalue weighted by molar-refractivity contribution is 5.78. The Hall–Kier alpha value is -2.17. The first-order valence-electron chi connectivity index (χ1n) is 9.38. The van der Waals surface area contributed by atoms with Gasteiger partial charge >= 0.3 is 0 Å². The largest absolute Gasteiger partial charge is 0.379 e. The molecule has 1 unspecified atom stereocenters. The number of hydrogen-bond acceptors (Lipinski definition) is 3. The zero-order chi connectivity index (χ0) is 18.2. The predicted octanol–water partition coefficient (Wildman–Crippen LogP) is 2.60. The maximum Gasteiger partial charge on any atom is 0.224 e. The third-order valence-corrected chi connectivity index (χ3v) is 4.90. The summed E-state index contributed by atoms with van der Waals surface area (Å²) in [6.07, 6.45) is 1.37. The van der Waals surface area contributed by atoms with Crippen LogP contribution in [0.1, 0.15) is 16.7 Å². The van der Waals surface area contributed by atoms with Gasteiger partial charge in [0, 0.05) is 25.7 Å². The third-order valence-electron chi connectivity index (χ3n) is 4.90. The van der Waals surface area contributed by atoms with Gasteiger partial charge < -0.3 is 10.1 Å². The minimum Gasteiger partial charge on any atom is -0.379 e. The molecule has 0 saturated carbocycles. The molecule has 1 aliphatic heterocycles. The molecular weight excluding hydrogens is 324 g/mol. The van der Waals surface area contributed by atoms with Crippen LogP contribution in [0.25, 0.3) is 0 Å². The number of carbonyl (C=O) groups excluding carboxylic acids is 1. The van der Waals surface area contributed by atoms with E-state index in [0.29, 0.717) is 19.0 Å². The SMILES string of the molecule is Cc1ccc(CC(=O)NCC(Cc2ccccc2)N2CCOCC2)cc1. The van der Waals surface area contributed by atoms with Crippen molar-refractivity contribution >= 4 is 5.91 Å². The van der Waals surface area contributed by atoms with Gasteiger partial charge in [-0.2, -0.15) is 0 Å². The molecule has 26 heavy (non-hydrogen) atoms. The molecule has 1 aliphatic rings. The van der Waals surface area contributed by atoms with Crippen molar-refractivity contribution in [3.8, 4) is 0 Å². The molecule has 0 aromatic heterocycles. The van der Waals surface area contributed by atoms with Gasteiger partial charge in [0.2, 0.25) is 5.91 Å². The standard InChI is InChI=1S/C22H28N2O2/c1-18-7-9-20(10-8-18)16-22(25)23-17-21(24-11-13-26-14-12-24)15-19-5-3-2-4-6-19/h2-10,21H,11-17H2,1H3,(H,23,25). The summed E-state index contributed by atoms with van der Waals surface area (Å²) in [4.78, 5) is 14.8. The number of morpholine rings is 1. The quantitative estimate of drug-likeness (QED) is 0.833. The number of nitrogens with zero attached hydrogens (tertiary/aromatic N) is 1. The summed E-state index contributed by atoms with van der Waals surface area (Å²) in [7, 11) is 0. The molecule has 0 spiro atoms. The third kappa shape index (κ3) is 5.68. The minimum absolute atomic E-state index is 0.0835. The van der Waals surface area contributed by atoms with Crippen molar-refractivity contribution in [3.63, 3.8) is 0 Å². The van der Waals surface area contributed by atoms with E-state index in [1.54, 1.807) is 0 Å². The van der Waals surface area contributed by atoms with E-state index in [2.05, 4.69) is 53.5 Å². The number of benzene rings is 2. The average molecular weight is 352 g/mol. The first kappa shape index (κ1) is 18.6. The summed E-state index contributed by atoms with van der Waals surface area (Å²) in [5.74, 6) is 0.0835. The maximum absolute atomic E-state index is 12.4. The molecule has 4 nitrogen and oxygen atoms in total. The van der Waals surface area contributed by atoms with E-state index in [1.807, 2.05) is 18.2 Å². The molecule has 138 valence electrons. The molecule has 1 amide bonds. The van der Waals surface area contributed by atoms with E-state index in [-0.39, 0.29) is 5.91 Å². The van der Waals surface area contributed by atoms with Crippen molar-refractivity contribution in [2.75, 3.05) is 32.8 Å². The summed E-state index contributed by atoms with van der Waals surface area (Å²) < 4.78 is 5.49. The van der Waals surface area contributed by atoms with E-state index in [9.17, 15) is 4.79 Å². The topological polar surface area (TPSA) is 41.6 Å². The van der Waals surface area contributed by atoms with Crippen LogP contribution in [0, 0.1) is 6.92 Å². The predicted molar refractivity (Wildman–Crippen MR) is 104 cm³/mol. The summed E-state index contributed by atoms with van der Waals surface area (Å²) in [5, 5.41) is 3.14. The Morgan fingerprint density at radius 2 is 1.73 bits per heavy atom. The minimum atomic E-state index is 0.0835. The molecule has 1 N–H and O–H groups in total. The van der Waals surface area contributed by atoms with Gasteiger partial charge in [-0.1, -0.05) is 60.2 Å². The summed E-state index contributed by atoms with van der Waals surface area (Å²) >= 11 is 0. The van der Waals surface area contributed by atoms with Gasteiger partial charge in [0.05, 0.1) is 19.6 Å². The summed E-state index contributed by atoms with van der Waals surface area (Å²) in [5.41, 5.74) is 3.57. The normalized spacial score (nSPS) is 16.2. The van der Waals surface area contributed by atoms with Crippen LogP contribution in [0.3, 0.4) is 0 Å². The lowest BCUT2D eigenvalue weighted by Gasteiger charge is -2.34. The fourth-order valence-electron chi connectivity index (χ4n) is 3.34. The highest BCUT2D eigenvalue weighted by Crippen LogP contribution is 2.11. The molecule has 2 aromatic rings. The Morgan fingerprint density at radius 3 is 2.42 bits per heavy atom. The second kappa shape index (κ2) is 9.51. The monoisotopic (exact) mass is 352 g/mol. The van der Waals surface area contributed by atoms with Gasteiger partial charge in [-0.25, -0.2) is 0 Å². The number of amides is 1. The van der Waals surface area contributed by atoms with Crippen molar-refractivity contribution in [2.24, 2.45) is 0 Å². The van der Waals surface area contributed by atoms with Crippen molar-refractivity contribution in [1.29, 1.82) is 0 Å². The highest BCUT2D eigenvalue weighted by atomic mass is 16.5. The maximum atomic E-state index is 12.4. The Balaban J connectivity index is 1.57. The van der Waals surface area contributed by atoms with Crippen LogP contribution in [0.5, 0.6) is 0 Å². The van der Waals surface area contributed by atoms with E-state index in [0.717, 1.165) is 38.3 Å². The molecule has 1 atom stereocenters. The highest BCUT2D eigenvalue weighted by Gasteiger charge is 2.22. The first-order valence-corrected chi connectivity index (χ1v) is 9.38. The Kier molecular flexibility index (Phi) is 6.81. The lowest BCUT2D eigenvalue weighted by atomic mass is 10.0. The van der Waals surface area contributed by atoms with Gasteiger partial charge in [-0.05, 0) is 24.5 Å². The number of aryl methyl sites for hydroxylation is 1. The average Bonchev–Trinajstić information content (AvgIpc) is 2.68. The van der Waals surface area contributed by atoms with E-state index in [4.69, 9.17) is 4.74 Å². The Morgan fingerprint density at radius 1 is 1.04 bits per heavy atom. The molecule has 1 fully saturated rings. The smallest absolute Gasteiger partial charge is 0.224 e. The zero-order valence-electron chi connectivity index (χ0n) is 15.5. The van der Waals surface area contributed by atoms with E-state index >= 15 is 0 Å². The second-order valence-corrected chi connectivity index (χ2v) is 6.96. The number of rotatable bonds is 7. The fraction of sp³-hybridized carbons (Fsp3) is 0.409. The lowest BCUT2D eigenvalue weighted by molar-refractivity contribution is -0.120. The van der Waals surface area contributed by atoms with Crippen LogP contribution < -0.4 is 5.32 Å². The molecule has 0 radical (unpaired) electrons. The Labute approximate surface area is 156 Å². The van der Waals surface area contributed by atoms with Gasteiger partial charge in [0.25, 0.3) is 0 Å². The number of nitrogens with one attached hydrogen (secondary N) is 1. The molecule has 1 heterocycles. The molecule has 2 aromatic carbocycles. The van der Waals surface area contributed by atoms with Gasteiger partial charge in [0.1, 0.15) is 0 Å². The summed E-state index contributed by atoms with van der Waals surface area (Å²) in [6.45, 7) is 6.10. The Bertz CT molecular complexity index is 679. The number of hydrogen-bond donors (Lipinski definition) is 1. The molecule has 1 saturated heterocycles. The molecule has 4 heteroatoms. The van der Waals surface area contributed by atoms with Crippen LogP contribution in [0.15, 0.2) is 54.6 Å². The molecule has 0 aliphatic carbocycles. The fourth-order valence-corrected chi connectivity index (χ4v) is 3.34. The van der Waals surface area contributed by atoms with Gasteiger partial charge in [-0.3, -0.25) is 9.69 Å². The zero-order valence-corrected chi connectivity index (χ0v) is 15.5. The van der Waals surface area contributed by atoms with Gasteiger partial charge in [0.15, 0.2) is 0 Å². The van der Waals surface area contributed by atoms with Crippen LogP contribution in [-0.2, 0) is 22.4 Å². The number of carbonyl (C=O) groups is 1. The van der Waals surface area contributed by atoms with Crippen molar-refractivity contribution in [1.82, 2.24) is 10.2 Å². The lowest BCUT2D eigenvalue weighted by Crippen LogP contribution is -2.50. The van der Waals surface area contributed by atoms with E-state index in [1.165, 1.54) is 11.1 Å². The van der Waals surface area contributed by atoms with Crippen molar-refractivity contribution in [2.45, 2.75) is 25.8 Å². The summed E-state index contributed by atoms with van der Waals surface area (Å²) in [6, 6.07) is 18.9. The van der Waals surface area contributed by atoms with Crippen molar-refractivity contribution in [3.05, 3.63) is 71.3 Å². The van der Waals surface area contributed by atoms with Crippen LogP contribution >= 0.6 is 0 Å². The van der Waals surface area contributed by atoms with Crippen LogP contribution in [-0.4, -0.2) is 49.7 Å². The van der Waals surface area contributed by atoms with E-state index < -0.39 is 0 Å². The first-order chi connectivity index (χ1) is 12.7. The van der Waals surface area contributed by atoms with Crippen LogP contribution in [0.2, 0.25) is 0 Å². The second-order valence-electron chi connectivity index (χ2n) is 6.96. The van der Waals surface area contributed by atoms with Crippen molar-refractivity contribution < 1.29 is 9.53 Å². The number of ether oxygens (including phenoxy) is 1. The molecular formula is C22H28N2O2. The molecule has 0 bridgehead atoms. The van der Waals surface area contributed by atoms with Gasteiger partial charge in [-0.15, -0.1) is 0 Å². The van der Waals surface area contributed by atoms with Crippen LogP contribution in [0.4, 0.5) is 0 Å². The molecule has 3 rings (SSSR count).